The van der Waals surface area contributed by atoms with Gasteiger partial charge in [0.2, 0.25) is 0 Å². The Balaban J connectivity index is 1.44. The maximum Gasteiger partial charge on any atom is 0.435 e. The van der Waals surface area contributed by atoms with Gasteiger partial charge in [-0.2, -0.15) is 18.3 Å². The van der Waals surface area contributed by atoms with Gasteiger partial charge >= 0.3 is 6.18 Å². The number of nitrogens with one attached hydrogen (secondary N) is 2. The van der Waals surface area contributed by atoms with E-state index in [1.165, 1.54) is 18.4 Å². The van der Waals surface area contributed by atoms with Crippen molar-refractivity contribution >= 4 is 11.6 Å². The molecule has 0 saturated heterocycles. The molecular weight excluding hydrogens is 527 g/mol. The summed E-state index contributed by atoms with van der Waals surface area (Å²) in [6.45, 7) is 5.39. The Kier molecular flexibility index (Phi) is 8.28. The molecule has 0 radical (unpaired) electrons. The molecule has 0 bridgehead atoms. The molecule has 1 unspecified atom stereocenters. The number of nitrogens with zero attached hydrogens (tertiary/aromatic N) is 2. The highest BCUT2D eigenvalue weighted by molar-refractivity contribution is 6.03. The third kappa shape index (κ3) is 6.86. The number of hydrogen-bond acceptors (Lipinski definition) is 4. The Morgan fingerprint density at radius 1 is 0.976 bits per heavy atom. The van der Waals surface area contributed by atoms with E-state index in [1.54, 1.807) is 30.3 Å². The molecule has 9 heteroatoms. The minimum atomic E-state index is -4.71. The first-order valence-corrected chi connectivity index (χ1v) is 13.8. The molecule has 41 heavy (non-hydrogen) atoms. The van der Waals surface area contributed by atoms with Gasteiger partial charge in [-0.05, 0) is 77.7 Å². The summed E-state index contributed by atoms with van der Waals surface area (Å²) in [6.07, 6.45) is -2.29. The van der Waals surface area contributed by atoms with Gasteiger partial charge < -0.3 is 16.4 Å². The normalized spacial score (nSPS) is 14.3. The Bertz CT molecular complexity index is 1510. The number of carbonyl (C=O) groups excluding carboxylic acids is 1. The van der Waals surface area contributed by atoms with E-state index in [1.807, 2.05) is 18.2 Å². The quantitative estimate of drug-likeness (QED) is 0.199. The van der Waals surface area contributed by atoms with Crippen molar-refractivity contribution in [1.29, 1.82) is 0 Å². The van der Waals surface area contributed by atoms with Crippen molar-refractivity contribution in [3.05, 3.63) is 113 Å². The number of rotatable bonds is 10. The molecule has 0 spiro atoms. The fourth-order valence-electron chi connectivity index (χ4n) is 4.79. The number of amides is 1. The van der Waals surface area contributed by atoms with Crippen LogP contribution >= 0.6 is 0 Å². The first-order valence-electron chi connectivity index (χ1n) is 13.8. The molecule has 4 N–H and O–H groups in total. The second-order valence-electron chi connectivity index (χ2n) is 10.9. The number of benzene rings is 3. The predicted molar refractivity (Wildman–Crippen MR) is 154 cm³/mol. The first kappa shape index (κ1) is 28.6. The van der Waals surface area contributed by atoms with Gasteiger partial charge in [0.05, 0.1) is 11.7 Å². The van der Waals surface area contributed by atoms with Crippen molar-refractivity contribution in [2.24, 2.45) is 11.7 Å². The van der Waals surface area contributed by atoms with E-state index >= 15 is 0 Å². The summed E-state index contributed by atoms with van der Waals surface area (Å²) in [5.74, 6) is 0.382. The highest BCUT2D eigenvalue weighted by Gasteiger charge is 2.36. The molecule has 1 aliphatic rings. The molecule has 1 heterocycles. The molecule has 214 valence electrons. The smallest absolute Gasteiger partial charge is 0.326 e. The minimum Gasteiger partial charge on any atom is -0.326 e. The minimum absolute atomic E-state index is 0.102. The molecule has 1 aromatic heterocycles. The van der Waals surface area contributed by atoms with Crippen LogP contribution in [0.5, 0.6) is 0 Å². The fraction of sp³-hybridized carbons (Fsp3) is 0.312. The number of halogens is 3. The van der Waals surface area contributed by atoms with Crippen molar-refractivity contribution in [1.82, 2.24) is 15.1 Å². The molecule has 1 atom stereocenters. The van der Waals surface area contributed by atoms with Crippen LogP contribution in [-0.4, -0.2) is 22.2 Å². The van der Waals surface area contributed by atoms with Crippen LogP contribution < -0.4 is 16.4 Å². The topological polar surface area (TPSA) is 85.0 Å². The SMILES string of the molecule is CC(C)c1ccc(C(NCC2CC2)c2cccc(NC(=O)c3cc(C(F)(F)F)nn3-c3cccc(CN)c3)c2)cc1. The number of aromatic nitrogens is 2. The summed E-state index contributed by atoms with van der Waals surface area (Å²) in [5.41, 5.74) is 9.13. The van der Waals surface area contributed by atoms with Crippen molar-refractivity contribution in [3.63, 3.8) is 0 Å². The standard InChI is InChI=1S/C32H34F3N5O/c1-20(2)23-11-13-24(14-12-23)30(37-19-21-9-10-21)25-6-4-7-26(16-25)38-31(41)28-17-29(32(33,34)35)39-40(28)27-8-3-5-22(15-27)18-36/h3-8,11-17,20-21,30,37H,9-10,18-19,36H2,1-2H3,(H,38,41). The van der Waals surface area contributed by atoms with Gasteiger partial charge in [-0.1, -0.05) is 62.4 Å². The molecule has 1 amide bonds. The Hall–Kier alpha value is -3.95. The van der Waals surface area contributed by atoms with Gasteiger partial charge in [-0.3, -0.25) is 4.79 Å². The lowest BCUT2D eigenvalue weighted by Crippen LogP contribution is -2.25. The summed E-state index contributed by atoms with van der Waals surface area (Å²) in [7, 11) is 0. The molecule has 6 nitrogen and oxygen atoms in total. The molecule has 5 rings (SSSR count). The molecule has 3 aromatic carbocycles. The third-order valence-electron chi connectivity index (χ3n) is 7.35. The molecule has 4 aromatic rings. The first-order chi connectivity index (χ1) is 19.6. The van der Waals surface area contributed by atoms with Crippen molar-refractivity contribution < 1.29 is 18.0 Å². The van der Waals surface area contributed by atoms with Crippen LogP contribution in [0.4, 0.5) is 18.9 Å². The van der Waals surface area contributed by atoms with E-state index in [0.717, 1.165) is 28.4 Å². The zero-order valence-corrected chi connectivity index (χ0v) is 23.1. The van der Waals surface area contributed by atoms with E-state index in [0.29, 0.717) is 28.8 Å². The second kappa shape index (κ2) is 11.9. The zero-order valence-electron chi connectivity index (χ0n) is 23.1. The van der Waals surface area contributed by atoms with Gasteiger partial charge in [-0.15, -0.1) is 0 Å². The van der Waals surface area contributed by atoms with E-state index < -0.39 is 17.8 Å². The van der Waals surface area contributed by atoms with Crippen LogP contribution in [0, 0.1) is 5.92 Å². The Morgan fingerprint density at radius 2 is 1.68 bits per heavy atom. The number of anilines is 1. The molecular formula is C32H34F3N5O. The summed E-state index contributed by atoms with van der Waals surface area (Å²) in [4.78, 5) is 13.4. The molecule has 0 aliphatic heterocycles. The van der Waals surface area contributed by atoms with Gasteiger partial charge in [0, 0.05) is 18.3 Å². The van der Waals surface area contributed by atoms with Crippen molar-refractivity contribution in [2.45, 2.75) is 51.4 Å². The lowest BCUT2D eigenvalue weighted by atomic mass is 9.95. The van der Waals surface area contributed by atoms with Gasteiger partial charge in [0.15, 0.2) is 5.69 Å². The predicted octanol–water partition coefficient (Wildman–Crippen LogP) is 6.81. The summed E-state index contributed by atoms with van der Waals surface area (Å²) >= 11 is 0. The largest absolute Gasteiger partial charge is 0.435 e. The van der Waals surface area contributed by atoms with Crippen LogP contribution in [0.2, 0.25) is 0 Å². The highest BCUT2D eigenvalue weighted by atomic mass is 19.4. The van der Waals surface area contributed by atoms with Crippen molar-refractivity contribution in [2.75, 3.05) is 11.9 Å². The average Bonchev–Trinajstić information content (AvgIpc) is 3.66. The van der Waals surface area contributed by atoms with E-state index in [2.05, 4.69) is 53.8 Å². The van der Waals surface area contributed by atoms with Crippen LogP contribution in [0.3, 0.4) is 0 Å². The van der Waals surface area contributed by atoms with Crippen LogP contribution in [0.1, 0.15) is 77.1 Å². The van der Waals surface area contributed by atoms with Crippen molar-refractivity contribution in [3.8, 4) is 5.69 Å². The number of alkyl halides is 3. The fourth-order valence-corrected chi connectivity index (χ4v) is 4.79. The van der Waals surface area contributed by atoms with Gasteiger partial charge in [0.1, 0.15) is 5.69 Å². The highest BCUT2D eigenvalue weighted by Crippen LogP contribution is 2.32. The van der Waals surface area contributed by atoms with Crippen LogP contribution in [0.15, 0.2) is 78.9 Å². The average molecular weight is 562 g/mol. The lowest BCUT2D eigenvalue weighted by molar-refractivity contribution is -0.141. The zero-order chi connectivity index (χ0) is 29.1. The summed E-state index contributed by atoms with van der Waals surface area (Å²) in [5, 5.41) is 10.2. The lowest BCUT2D eigenvalue weighted by Gasteiger charge is -2.21. The number of carbonyl (C=O) groups is 1. The summed E-state index contributed by atoms with van der Waals surface area (Å²) < 4.78 is 41.8. The number of nitrogens with two attached hydrogens (primary N) is 1. The van der Waals surface area contributed by atoms with E-state index in [9.17, 15) is 18.0 Å². The monoisotopic (exact) mass is 561 g/mol. The second-order valence-corrected chi connectivity index (χ2v) is 10.9. The van der Waals surface area contributed by atoms with E-state index in [-0.39, 0.29) is 18.3 Å². The molecule has 1 fully saturated rings. The maximum atomic E-state index is 13.6. The summed E-state index contributed by atoms with van der Waals surface area (Å²) in [6, 6.07) is 23.2. The Morgan fingerprint density at radius 3 is 2.34 bits per heavy atom. The Labute approximate surface area is 237 Å². The van der Waals surface area contributed by atoms with Crippen LogP contribution in [0.25, 0.3) is 5.69 Å². The van der Waals surface area contributed by atoms with Gasteiger partial charge in [-0.25, -0.2) is 4.68 Å². The molecule has 1 aliphatic carbocycles. The third-order valence-corrected chi connectivity index (χ3v) is 7.35. The van der Waals surface area contributed by atoms with E-state index in [4.69, 9.17) is 5.73 Å². The number of hydrogen-bond donors (Lipinski definition) is 3. The maximum absolute atomic E-state index is 13.6. The van der Waals surface area contributed by atoms with Crippen LogP contribution in [-0.2, 0) is 12.7 Å². The van der Waals surface area contributed by atoms with Gasteiger partial charge in [0.25, 0.3) is 5.91 Å². The molecule has 1 saturated carbocycles.